The van der Waals surface area contributed by atoms with Crippen molar-refractivity contribution in [3.63, 3.8) is 0 Å². The predicted octanol–water partition coefficient (Wildman–Crippen LogP) is 3.77. The number of rotatable bonds is 3. The van der Waals surface area contributed by atoms with E-state index in [1.165, 1.54) is 6.07 Å². The van der Waals surface area contributed by atoms with Crippen LogP contribution in [0.1, 0.15) is 23.0 Å². The zero-order valence-electron chi connectivity index (χ0n) is 12.6. The number of nitrogens with zero attached hydrogens (tertiary/aromatic N) is 2. The lowest BCUT2D eigenvalue weighted by Gasteiger charge is -2.21. The number of benzene rings is 2. The Bertz CT molecular complexity index is 750. The Morgan fingerprint density at radius 3 is 2.48 bits per heavy atom. The Labute approximate surface area is 139 Å². The Kier molecular flexibility index (Phi) is 4.24. The van der Waals surface area contributed by atoms with Crippen molar-refractivity contribution >= 4 is 17.3 Å². The van der Waals surface area contributed by atoms with E-state index in [-0.39, 0.29) is 23.3 Å². The van der Waals surface area contributed by atoms with Gasteiger partial charge < -0.3 is 10.0 Å². The standard InChI is InChI=1S/C17H17ClN2O3/c1-19-9-14(12-4-2-3-5-17(12)21)15(10-19)13-8-11(20(22)23)6-7-16(13)18/h2-8,14-15,21H,9-10H2,1H3/t14-,15-/m0/s1. The third-order valence-corrected chi connectivity index (χ3v) is 4.77. The Morgan fingerprint density at radius 2 is 1.83 bits per heavy atom. The molecule has 1 aliphatic heterocycles. The summed E-state index contributed by atoms with van der Waals surface area (Å²) in [7, 11) is 2.00. The zero-order chi connectivity index (χ0) is 16.6. The smallest absolute Gasteiger partial charge is 0.269 e. The molecule has 0 spiro atoms. The van der Waals surface area contributed by atoms with Gasteiger partial charge in [0, 0.05) is 42.1 Å². The molecule has 1 N–H and O–H groups in total. The molecule has 0 amide bonds. The van der Waals surface area contributed by atoms with Crippen LogP contribution in [0.3, 0.4) is 0 Å². The van der Waals surface area contributed by atoms with Crippen LogP contribution in [-0.2, 0) is 0 Å². The molecule has 0 bridgehead atoms. The van der Waals surface area contributed by atoms with Crippen molar-refractivity contribution in [2.45, 2.75) is 11.8 Å². The molecule has 2 aromatic carbocycles. The number of likely N-dealkylation sites (N-methyl/N-ethyl adjacent to an activating group) is 1. The van der Waals surface area contributed by atoms with Crippen molar-refractivity contribution in [1.29, 1.82) is 0 Å². The number of para-hydroxylation sites is 1. The average Bonchev–Trinajstić information content (AvgIpc) is 2.89. The molecule has 23 heavy (non-hydrogen) atoms. The van der Waals surface area contributed by atoms with Crippen LogP contribution in [0.25, 0.3) is 0 Å². The summed E-state index contributed by atoms with van der Waals surface area (Å²) >= 11 is 6.32. The molecule has 2 atom stereocenters. The lowest BCUT2D eigenvalue weighted by atomic mass is 9.83. The molecule has 6 heteroatoms. The van der Waals surface area contributed by atoms with E-state index in [0.29, 0.717) is 5.02 Å². The first-order valence-electron chi connectivity index (χ1n) is 7.37. The van der Waals surface area contributed by atoms with Gasteiger partial charge in [0.05, 0.1) is 4.92 Å². The molecule has 3 rings (SSSR count). The van der Waals surface area contributed by atoms with E-state index in [2.05, 4.69) is 4.90 Å². The molecule has 0 aliphatic carbocycles. The van der Waals surface area contributed by atoms with Crippen molar-refractivity contribution < 1.29 is 10.0 Å². The second-order valence-electron chi connectivity index (χ2n) is 5.96. The lowest BCUT2D eigenvalue weighted by molar-refractivity contribution is -0.384. The highest BCUT2D eigenvalue weighted by Gasteiger charge is 2.36. The van der Waals surface area contributed by atoms with Gasteiger partial charge in [-0.15, -0.1) is 0 Å². The monoisotopic (exact) mass is 332 g/mol. The van der Waals surface area contributed by atoms with Crippen LogP contribution in [0.4, 0.5) is 5.69 Å². The Morgan fingerprint density at radius 1 is 1.17 bits per heavy atom. The normalized spacial score (nSPS) is 21.5. The van der Waals surface area contributed by atoms with Crippen LogP contribution in [0.5, 0.6) is 5.75 Å². The fourth-order valence-corrected chi connectivity index (χ4v) is 3.62. The molecule has 1 aliphatic rings. The third kappa shape index (κ3) is 3.02. The number of nitro benzene ring substituents is 1. The highest BCUT2D eigenvalue weighted by Crippen LogP contribution is 2.44. The fraction of sp³-hybridized carbons (Fsp3) is 0.294. The molecular formula is C17H17ClN2O3. The maximum atomic E-state index is 11.1. The van der Waals surface area contributed by atoms with Gasteiger partial charge in [-0.2, -0.15) is 0 Å². The number of likely N-dealkylation sites (tertiary alicyclic amines) is 1. The molecule has 1 fully saturated rings. The summed E-state index contributed by atoms with van der Waals surface area (Å²) in [5.41, 5.74) is 1.65. The maximum absolute atomic E-state index is 11.1. The second kappa shape index (κ2) is 6.18. The zero-order valence-corrected chi connectivity index (χ0v) is 13.4. The molecule has 0 radical (unpaired) electrons. The summed E-state index contributed by atoms with van der Waals surface area (Å²) in [6.07, 6.45) is 0. The fourth-order valence-electron chi connectivity index (χ4n) is 3.36. The van der Waals surface area contributed by atoms with Gasteiger partial charge in [-0.1, -0.05) is 29.8 Å². The molecule has 5 nitrogen and oxygen atoms in total. The predicted molar refractivity (Wildman–Crippen MR) is 89.2 cm³/mol. The van der Waals surface area contributed by atoms with Crippen LogP contribution in [0, 0.1) is 10.1 Å². The summed E-state index contributed by atoms with van der Waals surface area (Å²) < 4.78 is 0. The van der Waals surface area contributed by atoms with E-state index in [4.69, 9.17) is 11.6 Å². The van der Waals surface area contributed by atoms with Crippen molar-refractivity contribution in [2.24, 2.45) is 0 Å². The van der Waals surface area contributed by atoms with E-state index in [1.54, 1.807) is 24.3 Å². The van der Waals surface area contributed by atoms with Gasteiger partial charge in [0.2, 0.25) is 0 Å². The third-order valence-electron chi connectivity index (χ3n) is 4.43. The number of aromatic hydroxyl groups is 1. The average molecular weight is 333 g/mol. The van der Waals surface area contributed by atoms with Crippen molar-refractivity contribution in [1.82, 2.24) is 4.90 Å². The first kappa shape index (κ1) is 15.8. The Balaban J connectivity index is 2.05. The van der Waals surface area contributed by atoms with Gasteiger partial charge in [-0.3, -0.25) is 10.1 Å². The molecule has 0 unspecified atom stereocenters. The SMILES string of the molecule is CN1C[C@@H](c2ccccc2O)[C@H](c2cc([N+](=O)[O-])ccc2Cl)C1. The summed E-state index contributed by atoms with van der Waals surface area (Å²) in [6, 6.07) is 11.8. The first-order valence-corrected chi connectivity index (χ1v) is 7.75. The number of nitro groups is 1. The molecule has 120 valence electrons. The summed E-state index contributed by atoms with van der Waals surface area (Å²) in [6.45, 7) is 1.50. The molecule has 0 aromatic heterocycles. The van der Waals surface area contributed by atoms with Crippen LogP contribution in [0.15, 0.2) is 42.5 Å². The van der Waals surface area contributed by atoms with Gasteiger partial charge in [-0.25, -0.2) is 0 Å². The largest absolute Gasteiger partial charge is 0.508 e. The maximum Gasteiger partial charge on any atom is 0.269 e. The number of phenolic OH excluding ortho intramolecular Hbond substituents is 1. The van der Waals surface area contributed by atoms with Gasteiger partial charge in [0.15, 0.2) is 0 Å². The van der Waals surface area contributed by atoms with Crippen molar-refractivity contribution in [3.05, 3.63) is 68.7 Å². The molecule has 1 saturated heterocycles. The number of hydrogen-bond acceptors (Lipinski definition) is 4. The van der Waals surface area contributed by atoms with E-state index in [0.717, 1.165) is 24.2 Å². The van der Waals surface area contributed by atoms with Crippen molar-refractivity contribution in [3.8, 4) is 5.75 Å². The van der Waals surface area contributed by atoms with Gasteiger partial charge >= 0.3 is 0 Å². The van der Waals surface area contributed by atoms with E-state index in [1.807, 2.05) is 19.2 Å². The minimum absolute atomic E-state index is 0.000648. The van der Waals surface area contributed by atoms with Crippen LogP contribution in [-0.4, -0.2) is 35.1 Å². The minimum atomic E-state index is -0.409. The quantitative estimate of drug-likeness (QED) is 0.686. The van der Waals surface area contributed by atoms with Crippen LogP contribution >= 0.6 is 11.6 Å². The number of halogens is 1. The van der Waals surface area contributed by atoms with Gasteiger partial charge in [0.1, 0.15) is 5.75 Å². The first-order chi connectivity index (χ1) is 11.0. The number of hydrogen-bond donors (Lipinski definition) is 1. The highest BCUT2D eigenvalue weighted by molar-refractivity contribution is 6.31. The number of non-ortho nitro benzene ring substituents is 1. The highest BCUT2D eigenvalue weighted by atomic mass is 35.5. The number of phenols is 1. The summed E-state index contributed by atoms with van der Waals surface area (Å²) in [5.74, 6) is 0.292. The van der Waals surface area contributed by atoms with Gasteiger partial charge in [0.25, 0.3) is 5.69 Å². The summed E-state index contributed by atoms with van der Waals surface area (Å²) in [4.78, 5) is 12.8. The van der Waals surface area contributed by atoms with Crippen LogP contribution in [0.2, 0.25) is 5.02 Å². The summed E-state index contributed by atoms with van der Waals surface area (Å²) in [5, 5.41) is 21.8. The molecule has 2 aromatic rings. The second-order valence-corrected chi connectivity index (χ2v) is 6.36. The topological polar surface area (TPSA) is 66.6 Å². The molecule has 0 saturated carbocycles. The Hall–Kier alpha value is -2.11. The minimum Gasteiger partial charge on any atom is -0.508 e. The molecular weight excluding hydrogens is 316 g/mol. The van der Waals surface area contributed by atoms with E-state index < -0.39 is 4.92 Å². The van der Waals surface area contributed by atoms with Crippen LogP contribution < -0.4 is 0 Å². The van der Waals surface area contributed by atoms with E-state index in [9.17, 15) is 15.2 Å². The lowest BCUT2D eigenvalue weighted by Crippen LogP contribution is -2.13. The van der Waals surface area contributed by atoms with E-state index >= 15 is 0 Å². The van der Waals surface area contributed by atoms with Crippen molar-refractivity contribution in [2.75, 3.05) is 20.1 Å². The molecule has 1 heterocycles. The van der Waals surface area contributed by atoms with Gasteiger partial charge in [-0.05, 0) is 30.3 Å².